The number of amides is 1. The first kappa shape index (κ1) is 17.8. The van der Waals surface area contributed by atoms with Gasteiger partial charge in [-0.15, -0.1) is 0 Å². The monoisotopic (exact) mass is 298 g/mol. The topological polar surface area (TPSA) is 74.8 Å². The molecule has 0 spiro atoms. The second-order valence-electron chi connectivity index (χ2n) is 5.53. The van der Waals surface area contributed by atoms with Gasteiger partial charge in [0.05, 0.1) is 6.10 Å². The maximum Gasteiger partial charge on any atom is 0.223 e. The molecule has 1 amide bonds. The fraction of sp³-hybridized carbons (Fsp3) is 0.867. The van der Waals surface area contributed by atoms with Crippen molar-refractivity contribution in [3.8, 4) is 0 Å². The third-order valence-electron chi connectivity index (χ3n) is 3.03. The molecule has 0 aromatic rings. The molecule has 0 saturated heterocycles. The molecule has 1 aliphatic carbocycles. The Morgan fingerprint density at radius 1 is 1.24 bits per heavy atom. The van der Waals surface area contributed by atoms with Crippen molar-refractivity contribution in [1.82, 2.24) is 16.0 Å². The van der Waals surface area contributed by atoms with E-state index in [9.17, 15) is 4.79 Å². The highest BCUT2D eigenvalue weighted by Gasteiger charge is 2.28. The SMILES string of the molecule is CCNC(=NCCCOC(C)C)NCCNC(=O)C1CC1. The van der Waals surface area contributed by atoms with E-state index < -0.39 is 0 Å². The number of aliphatic imine (C=N–C) groups is 1. The van der Waals surface area contributed by atoms with Crippen LogP contribution in [0.3, 0.4) is 0 Å². The summed E-state index contributed by atoms with van der Waals surface area (Å²) in [5.41, 5.74) is 0. The van der Waals surface area contributed by atoms with Crippen molar-refractivity contribution in [3.05, 3.63) is 0 Å². The number of hydrogen-bond donors (Lipinski definition) is 3. The lowest BCUT2D eigenvalue weighted by Gasteiger charge is -2.12. The van der Waals surface area contributed by atoms with Crippen molar-refractivity contribution in [2.75, 3.05) is 32.8 Å². The molecule has 0 aromatic heterocycles. The lowest BCUT2D eigenvalue weighted by atomic mass is 10.4. The molecular formula is C15H30N4O2. The third-order valence-corrected chi connectivity index (χ3v) is 3.03. The fourth-order valence-electron chi connectivity index (χ4n) is 1.77. The van der Waals surface area contributed by atoms with Gasteiger partial charge >= 0.3 is 0 Å². The maximum absolute atomic E-state index is 11.5. The van der Waals surface area contributed by atoms with Gasteiger partial charge in [-0.1, -0.05) is 0 Å². The molecule has 6 heteroatoms. The van der Waals surface area contributed by atoms with E-state index in [0.717, 1.165) is 44.9 Å². The Morgan fingerprint density at radius 2 is 1.95 bits per heavy atom. The second-order valence-corrected chi connectivity index (χ2v) is 5.53. The summed E-state index contributed by atoms with van der Waals surface area (Å²) in [7, 11) is 0. The Balaban J connectivity index is 2.10. The summed E-state index contributed by atoms with van der Waals surface area (Å²) in [5.74, 6) is 1.25. The van der Waals surface area contributed by atoms with Gasteiger partial charge in [-0.3, -0.25) is 9.79 Å². The third kappa shape index (κ3) is 9.28. The number of hydrogen-bond acceptors (Lipinski definition) is 3. The number of carbonyl (C=O) groups is 1. The minimum absolute atomic E-state index is 0.185. The molecule has 1 saturated carbocycles. The molecule has 0 aromatic carbocycles. The van der Waals surface area contributed by atoms with E-state index >= 15 is 0 Å². The summed E-state index contributed by atoms with van der Waals surface area (Å²) >= 11 is 0. The molecule has 1 aliphatic rings. The summed E-state index contributed by atoms with van der Waals surface area (Å²) in [5, 5.41) is 9.34. The van der Waals surface area contributed by atoms with Gasteiger partial charge < -0.3 is 20.7 Å². The number of guanidine groups is 1. The summed E-state index contributed by atoms with van der Waals surface area (Å²) in [6, 6.07) is 0. The minimum atomic E-state index is 0.185. The normalized spacial score (nSPS) is 15.1. The summed E-state index contributed by atoms with van der Waals surface area (Å²) in [6.07, 6.45) is 3.27. The minimum Gasteiger partial charge on any atom is -0.379 e. The number of ether oxygens (including phenoxy) is 1. The van der Waals surface area contributed by atoms with E-state index in [1.165, 1.54) is 0 Å². The molecule has 0 aliphatic heterocycles. The summed E-state index contributed by atoms with van der Waals surface area (Å²) in [6.45, 7) is 9.71. The second kappa shape index (κ2) is 10.4. The first-order valence-electron chi connectivity index (χ1n) is 8.05. The van der Waals surface area contributed by atoms with Crippen LogP contribution in [0.25, 0.3) is 0 Å². The fourth-order valence-corrected chi connectivity index (χ4v) is 1.77. The predicted molar refractivity (Wildman–Crippen MR) is 85.4 cm³/mol. The Hall–Kier alpha value is -1.30. The van der Waals surface area contributed by atoms with E-state index in [1.807, 2.05) is 20.8 Å². The highest BCUT2D eigenvalue weighted by atomic mass is 16.5. The van der Waals surface area contributed by atoms with Crippen LogP contribution in [0, 0.1) is 5.92 Å². The van der Waals surface area contributed by atoms with Gasteiger partial charge in [-0.05, 0) is 40.0 Å². The molecule has 0 unspecified atom stereocenters. The molecular weight excluding hydrogens is 268 g/mol. The zero-order valence-electron chi connectivity index (χ0n) is 13.6. The van der Waals surface area contributed by atoms with E-state index in [0.29, 0.717) is 13.1 Å². The first-order chi connectivity index (χ1) is 10.1. The van der Waals surface area contributed by atoms with Crippen LogP contribution in [0.5, 0.6) is 0 Å². The molecule has 0 bridgehead atoms. The van der Waals surface area contributed by atoms with Gasteiger partial charge in [0.2, 0.25) is 5.91 Å². The first-order valence-corrected chi connectivity index (χ1v) is 8.05. The Bertz CT molecular complexity index is 328. The Morgan fingerprint density at radius 3 is 2.57 bits per heavy atom. The standard InChI is InChI=1S/C15H30N4O2/c1-4-16-15(18-8-5-11-21-12(2)3)19-10-9-17-14(20)13-6-7-13/h12-13H,4-11H2,1-3H3,(H,17,20)(H2,16,18,19). The van der Waals surface area contributed by atoms with Crippen LogP contribution in [-0.2, 0) is 9.53 Å². The Labute approximate surface area is 128 Å². The van der Waals surface area contributed by atoms with Gasteiger partial charge in [0.1, 0.15) is 0 Å². The van der Waals surface area contributed by atoms with Crippen LogP contribution < -0.4 is 16.0 Å². The molecule has 3 N–H and O–H groups in total. The smallest absolute Gasteiger partial charge is 0.223 e. The van der Waals surface area contributed by atoms with Crippen LogP contribution in [-0.4, -0.2) is 50.8 Å². The number of carbonyl (C=O) groups excluding carboxylic acids is 1. The van der Waals surface area contributed by atoms with Crippen LogP contribution in [0.2, 0.25) is 0 Å². The van der Waals surface area contributed by atoms with Gasteiger partial charge in [0, 0.05) is 38.7 Å². The lowest BCUT2D eigenvalue weighted by Crippen LogP contribution is -2.41. The quantitative estimate of drug-likeness (QED) is 0.318. The van der Waals surface area contributed by atoms with E-state index in [1.54, 1.807) is 0 Å². The van der Waals surface area contributed by atoms with E-state index in [4.69, 9.17) is 4.74 Å². The van der Waals surface area contributed by atoms with Crippen LogP contribution >= 0.6 is 0 Å². The van der Waals surface area contributed by atoms with Crippen molar-refractivity contribution < 1.29 is 9.53 Å². The number of rotatable bonds is 10. The largest absolute Gasteiger partial charge is 0.379 e. The number of nitrogens with zero attached hydrogens (tertiary/aromatic N) is 1. The van der Waals surface area contributed by atoms with Crippen molar-refractivity contribution in [2.24, 2.45) is 10.9 Å². The molecule has 122 valence electrons. The van der Waals surface area contributed by atoms with Crippen molar-refractivity contribution >= 4 is 11.9 Å². The predicted octanol–water partition coefficient (Wildman–Crippen LogP) is 0.883. The van der Waals surface area contributed by atoms with Gasteiger partial charge in [0.15, 0.2) is 5.96 Å². The van der Waals surface area contributed by atoms with Crippen molar-refractivity contribution in [2.45, 2.75) is 46.1 Å². The lowest BCUT2D eigenvalue weighted by molar-refractivity contribution is -0.122. The molecule has 0 heterocycles. The molecule has 21 heavy (non-hydrogen) atoms. The molecule has 0 radical (unpaired) electrons. The summed E-state index contributed by atoms with van der Waals surface area (Å²) in [4.78, 5) is 16.0. The molecule has 1 rings (SSSR count). The Kier molecular flexibility index (Phi) is 8.82. The average molecular weight is 298 g/mol. The molecule has 6 nitrogen and oxygen atoms in total. The highest BCUT2D eigenvalue weighted by Crippen LogP contribution is 2.28. The van der Waals surface area contributed by atoms with Crippen LogP contribution in [0.15, 0.2) is 4.99 Å². The van der Waals surface area contributed by atoms with Gasteiger partial charge in [-0.25, -0.2) is 0 Å². The molecule has 0 atom stereocenters. The van der Waals surface area contributed by atoms with Crippen molar-refractivity contribution in [1.29, 1.82) is 0 Å². The molecule has 1 fully saturated rings. The van der Waals surface area contributed by atoms with E-state index in [-0.39, 0.29) is 17.9 Å². The maximum atomic E-state index is 11.5. The summed E-state index contributed by atoms with van der Waals surface area (Å²) < 4.78 is 5.48. The average Bonchev–Trinajstić information content (AvgIpc) is 3.26. The van der Waals surface area contributed by atoms with Gasteiger partial charge in [-0.2, -0.15) is 0 Å². The number of nitrogens with one attached hydrogen (secondary N) is 3. The highest BCUT2D eigenvalue weighted by molar-refractivity contribution is 5.81. The van der Waals surface area contributed by atoms with Crippen LogP contribution in [0.4, 0.5) is 0 Å². The zero-order chi connectivity index (χ0) is 15.5. The van der Waals surface area contributed by atoms with Crippen LogP contribution in [0.1, 0.15) is 40.0 Å². The van der Waals surface area contributed by atoms with E-state index in [2.05, 4.69) is 20.9 Å². The van der Waals surface area contributed by atoms with Gasteiger partial charge in [0.25, 0.3) is 0 Å². The van der Waals surface area contributed by atoms with Crippen molar-refractivity contribution in [3.63, 3.8) is 0 Å². The zero-order valence-corrected chi connectivity index (χ0v) is 13.6.